The summed E-state index contributed by atoms with van der Waals surface area (Å²) < 4.78 is 0. The first-order valence-corrected chi connectivity index (χ1v) is 6.58. The molecule has 1 aromatic heterocycles. The van der Waals surface area contributed by atoms with Crippen LogP contribution in [-0.4, -0.2) is 18.1 Å². The van der Waals surface area contributed by atoms with Crippen LogP contribution in [0, 0.1) is 5.92 Å². The monoisotopic (exact) mass is 258 g/mol. The summed E-state index contributed by atoms with van der Waals surface area (Å²) in [5.74, 6) is 2.21. The summed E-state index contributed by atoms with van der Waals surface area (Å²) >= 11 is 11.8. The van der Waals surface area contributed by atoms with Gasteiger partial charge in [0.1, 0.15) is 5.82 Å². The number of nitrogens with zero attached hydrogens (tertiary/aromatic N) is 2. The lowest BCUT2D eigenvalue weighted by molar-refractivity contribution is 0.436. The maximum atomic E-state index is 5.99. The van der Waals surface area contributed by atoms with Crippen molar-refractivity contribution in [2.75, 3.05) is 18.0 Å². The molecule has 0 unspecified atom stereocenters. The zero-order valence-electron chi connectivity index (χ0n) is 9.42. The highest BCUT2D eigenvalue weighted by atomic mass is 35.5. The average molecular weight is 259 g/mol. The quantitative estimate of drug-likeness (QED) is 0.752. The van der Waals surface area contributed by atoms with E-state index in [4.69, 9.17) is 23.2 Å². The molecule has 88 valence electrons. The molecule has 2 heterocycles. The molecule has 0 radical (unpaired) electrons. The smallest absolute Gasteiger partial charge is 0.128 e. The molecule has 1 saturated heterocycles. The molecule has 0 saturated carbocycles. The number of hydrogen-bond donors (Lipinski definition) is 0. The Balaban J connectivity index is 2.14. The lowest BCUT2D eigenvalue weighted by Gasteiger charge is -2.31. The van der Waals surface area contributed by atoms with Gasteiger partial charge in [-0.05, 0) is 30.9 Å². The van der Waals surface area contributed by atoms with Gasteiger partial charge in [0.25, 0.3) is 0 Å². The van der Waals surface area contributed by atoms with Gasteiger partial charge in [0, 0.05) is 13.1 Å². The van der Waals surface area contributed by atoms with Crippen LogP contribution in [0.25, 0.3) is 0 Å². The molecule has 1 aliphatic rings. The van der Waals surface area contributed by atoms with Crippen molar-refractivity contribution in [3.05, 3.63) is 22.8 Å². The molecule has 0 aliphatic carbocycles. The minimum absolute atomic E-state index is 0.372. The Morgan fingerprint density at radius 1 is 1.38 bits per heavy atom. The number of rotatable bonds is 2. The molecular formula is C12H16Cl2N2. The topological polar surface area (TPSA) is 16.1 Å². The average Bonchev–Trinajstić information content (AvgIpc) is 2.31. The second-order valence-corrected chi connectivity index (χ2v) is 5.08. The van der Waals surface area contributed by atoms with E-state index in [0.29, 0.717) is 10.9 Å². The number of alkyl halides is 1. The van der Waals surface area contributed by atoms with Gasteiger partial charge in [-0.25, -0.2) is 4.98 Å². The summed E-state index contributed by atoms with van der Waals surface area (Å²) in [6.07, 6.45) is 2.47. The van der Waals surface area contributed by atoms with Crippen LogP contribution in [0.5, 0.6) is 0 Å². The van der Waals surface area contributed by atoms with Crippen LogP contribution in [0.2, 0.25) is 5.02 Å². The molecule has 2 rings (SSSR count). The third-order valence-corrected chi connectivity index (χ3v) is 3.74. The Hall–Kier alpha value is -0.470. The molecule has 2 nitrogen and oxygen atoms in total. The third kappa shape index (κ3) is 2.61. The van der Waals surface area contributed by atoms with Gasteiger partial charge in [-0.2, -0.15) is 0 Å². The summed E-state index contributed by atoms with van der Waals surface area (Å²) in [6.45, 7) is 4.46. The first-order valence-electron chi connectivity index (χ1n) is 5.67. The maximum Gasteiger partial charge on any atom is 0.128 e. The molecule has 0 aromatic carbocycles. The molecule has 1 aliphatic heterocycles. The fourth-order valence-corrected chi connectivity index (χ4v) is 2.42. The Bertz CT molecular complexity index is 360. The number of aromatic nitrogens is 1. The maximum absolute atomic E-state index is 5.99. The molecule has 0 spiro atoms. The van der Waals surface area contributed by atoms with Crippen molar-refractivity contribution in [2.24, 2.45) is 5.92 Å². The zero-order chi connectivity index (χ0) is 11.5. The van der Waals surface area contributed by atoms with E-state index in [0.717, 1.165) is 30.5 Å². The zero-order valence-corrected chi connectivity index (χ0v) is 10.9. The lowest BCUT2D eigenvalue weighted by atomic mass is 9.99. The SMILES string of the molecule is CC1CCN(c2ccc(Cl)c(CCl)n2)CC1. The van der Waals surface area contributed by atoms with E-state index in [2.05, 4.69) is 16.8 Å². The molecular weight excluding hydrogens is 243 g/mol. The van der Waals surface area contributed by atoms with Gasteiger partial charge in [-0.15, -0.1) is 11.6 Å². The number of hydrogen-bond acceptors (Lipinski definition) is 2. The second kappa shape index (κ2) is 5.24. The predicted octanol–water partition coefficient (Wildman–Crippen LogP) is 3.71. The van der Waals surface area contributed by atoms with Crippen LogP contribution < -0.4 is 4.90 Å². The Kier molecular flexibility index (Phi) is 3.93. The largest absolute Gasteiger partial charge is 0.357 e. The highest BCUT2D eigenvalue weighted by Gasteiger charge is 2.17. The standard InChI is InChI=1S/C12H16Cl2N2/c1-9-4-6-16(7-5-9)12-3-2-10(14)11(8-13)15-12/h2-3,9H,4-8H2,1H3. The van der Waals surface area contributed by atoms with Crippen LogP contribution in [0.3, 0.4) is 0 Å². The van der Waals surface area contributed by atoms with E-state index in [1.807, 2.05) is 12.1 Å². The minimum Gasteiger partial charge on any atom is -0.357 e. The van der Waals surface area contributed by atoms with Crippen molar-refractivity contribution in [1.29, 1.82) is 0 Å². The van der Waals surface area contributed by atoms with Gasteiger partial charge in [0.05, 0.1) is 16.6 Å². The number of pyridine rings is 1. The van der Waals surface area contributed by atoms with Gasteiger partial charge < -0.3 is 4.90 Å². The second-order valence-electron chi connectivity index (χ2n) is 4.40. The third-order valence-electron chi connectivity index (χ3n) is 3.14. The summed E-state index contributed by atoms with van der Waals surface area (Å²) in [7, 11) is 0. The van der Waals surface area contributed by atoms with Gasteiger partial charge in [0.2, 0.25) is 0 Å². The molecule has 1 fully saturated rings. The van der Waals surface area contributed by atoms with E-state index in [-0.39, 0.29) is 0 Å². The first-order chi connectivity index (χ1) is 7.70. The van der Waals surface area contributed by atoms with Crippen molar-refractivity contribution < 1.29 is 0 Å². The van der Waals surface area contributed by atoms with E-state index in [9.17, 15) is 0 Å². The minimum atomic E-state index is 0.372. The molecule has 16 heavy (non-hydrogen) atoms. The number of piperidine rings is 1. The molecule has 1 aromatic rings. The van der Waals surface area contributed by atoms with Crippen LogP contribution in [0.1, 0.15) is 25.5 Å². The lowest BCUT2D eigenvalue weighted by Crippen LogP contribution is -2.33. The fraction of sp³-hybridized carbons (Fsp3) is 0.583. The summed E-state index contributed by atoms with van der Waals surface area (Å²) in [4.78, 5) is 6.81. The van der Waals surface area contributed by atoms with Crippen molar-refractivity contribution >= 4 is 29.0 Å². The predicted molar refractivity (Wildman–Crippen MR) is 69.4 cm³/mol. The van der Waals surface area contributed by atoms with Crippen LogP contribution in [-0.2, 0) is 5.88 Å². The van der Waals surface area contributed by atoms with Crippen molar-refractivity contribution in [3.8, 4) is 0 Å². The van der Waals surface area contributed by atoms with Crippen molar-refractivity contribution in [1.82, 2.24) is 4.98 Å². The Morgan fingerprint density at radius 2 is 2.06 bits per heavy atom. The van der Waals surface area contributed by atoms with Crippen LogP contribution in [0.4, 0.5) is 5.82 Å². The van der Waals surface area contributed by atoms with E-state index in [1.165, 1.54) is 12.8 Å². The highest BCUT2D eigenvalue weighted by Crippen LogP contribution is 2.24. The summed E-state index contributed by atoms with van der Waals surface area (Å²) in [5, 5.41) is 0.657. The van der Waals surface area contributed by atoms with Crippen LogP contribution in [0.15, 0.2) is 12.1 Å². The van der Waals surface area contributed by atoms with Crippen LogP contribution >= 0.6 is 23.2 Å². The van der Waals surface area contributed by atoms with E-state index < -0.39 is 0 Å². The first kappa shape index (κ1) is 12.0. The number of halogens is 2. The highest BCUT2D eigenvalue weighted by molar-refractivity contribution is 6.32. The van der Waals surface area contributed by atoms with Gasteiger partial charge >= 0.3 is 0 Å². The normalized spacial score (nSPS) is 17.8. The Morgan fingerprint density at radius 3 is 2.69 bits per heavy atom. The van der Waals surface area contributed by atoms with E-state index >= 15 is 0 Å². The molecule has 0 atom stereocenters. The molecule has 0 bridgehead atoms. The van der Waals surface area contributed by atoms with Gasteiger partial charge in [0.15, 0.2) is 0 Å². The Labute approximate surface area is 107 Å². The summed E-state index contributed by atoms with van der Waals surface area (Å²) in [6, 6.07) is 3.87. The molecule has 0 N–H and O–H groups in total. The summed E-state index contributed by atoms with van der Waals surface area (Å²) in [5.41, 5.74) is 0.777. The molecule has 0 amide bonds. The fourth-order valence-electron chi connectivity index (χ4n) is 1.98. The van der Waals surface area contributed by atoms with Crippen molar-refractivity contribution in [2.45, 2.75) is 25.6 Å². The van der Waals surface area contributed by atoms with Gasteiger partial charge in [-0.1, -0.05) is 18.5 Å². The van der Waals surface area contributed by atoms with E-state index in [1.54, 1.807) is 0 Å². The van der Waals surface area contributed by atoms with Crippen molar-refractivity contribution in [3.63, 3.8) is 0 Å². The van der Waals surface area contributed by atoms with Gasteiger partial charge in [-0.3, -0.25) is 0 Å². The number of anilines is 1. The molecule has 4 heteroatoms.